The average molecular weight is 414 g/mol. The summed E-state index contributed by atoms with van der Waals surface area (Å²) in [5.41, 5.74) is 4.93. The lowest BCUT2D eigenvalue weighted by molar-refractivity contribution is -0.114. The van der Waals surface area contributed by atoms with Gasteiger partial charge in [0.05, 0.1) is 5.69 Å². The van der Waals surface area contributed by atoms with E-state index in [9.17, 15) is 18.0 Å². The fraction of sp³-hybridized carbons (Fsp3) is 0.167. The molecule has 0 radical (unpaired) electrons. The number of nitrogens with two attached hydrogens (primary N) is 1. The number of guanidine groups is 1. The Bertz CT molecular complexity index is 552. The Kier molecular flexibility index (Phi) is 8.43. The van der Waals surface area contributed by atoms with Crippen molar-refractivity contribution in [2.75, 3.05) is 18.4 Å². The zero-order valence-electron chi connectivity index (χ0n) is 10.8. The Morgan fingerprint density at radius 1 is 1.33 bits per heavy atom. The zero-order valence-corrected chi connectivity index (χ0v) is 13.2. The van der Waals surface area contributed by atoms with Gasteiger partial charge in [-0.25, -0.2) is 18.2 Å². The quantitative estimate of drug-likeness (QED) is 0.226. The molecule has 116 valence electrons. The van der Waals surface area contributed by atoms with Gasteiger partial charge >= 0.3 is 0 Å². The van der Waals surface area contributed by atoms with Crippen LogP contribution in [0.15, 0.2) is 29.8 Å². The van der Waals surface area contributed by atoms with E-state index in [2.05, 4.69) is 22.2 Å². The van der Waals surface area contributed by atoms with Gasteiger partial charge in [-0.2, -0.15) is 0 Å². The largest absolute Gasteiger partial charge is 0.370 e. The number of carbonyl (C=O) groups excluding carboxylic acids is 1. The van der Waals surface area contributed by atoms with Crippen molar-refractivity contribution in [3.8, 4) is 0 Å². The zero-order chi connectivity index (χ0) is 15.1. The molecule has 0 aliphatic heterocycles. The molecule has 1 amide bonds. The number of hydrogen-bond donors (Lipinski definition) is 3. The molecule has 4 N–H and O–H groups in total. The Morgan fingerprint density at radius 2 is 2.00 bits per heavy atom. The summed E-state index contributed by atoms with van der Waals surface area (Å²) in [6.45, 7) is 3.42. The highest BCUT2D eigenvalue weighted by molar-refractivity contribution is 14.0. The Labute approximate surface area is 136 Å². The molecule has 9 heteroatoms. The normalized spacial score (nSPS) is 10.5. The molecule has 1 rings (SSSR count). The summed E-state index contributed by atoms with van der Waals surface area (Å²) in [6.07, 6.45) is 1.54. The van der Waals surface area contributed by atoms with Crippen molar-refractivity contribution in [1.29, 1.82) is 0 Å². The number of carbonyl (C=O) groups is 1. The molecule has 0 heterocycles. The molecule has 0 saturated carbocycles. The van der Waals surface area contributed by atoms with Crippen LogP contribution in [0.5, 0.6) is 0 Å². The SMILES string of the molecule is C=CCNC(N)=NCC(=O)Nc1ccc(F)c(F)c1F.I. The molecule has 0 aromatic heterocycles. The highest BCUT2D eigenvalue weighted by Crippen LogP contribution is 2.19. The minimum atomic E-state index is -1.65. The second kappa shape index (κ2) is 9.21. The smallest absolute Gasteiger partial charge is 0.246 e. The highest BCUT2D eigenvalue weighted by atomic mass is 127. The van der Waals surface area contributed by atoms with Crippen LogP contribution in [-0.2, 0) is 4.79 Å². The van der Waals surface area contributed by atoms with Crippen LogP contribution in [-0.4, -0.2) is 25.0 Å². The van der Waals surface area contributed by atoms with Crippen molar-refractivity contribution in [2.24, 2.45) is 10.7 Å². The standard InChI is InChI=1S/C12H13F3N4O.HI/c1-2-5-17-12(16)18-6-9(20)19-8-4-3-7(13)10(14)11(8)15;/h2-4H,1,5-6H2,(H,19,20)(H3,16,17,18);1H. The molecule has 0 unspecified atom stereocenters. The van der Waals surface area contributed by atoms with Crippen LogP contribution >= 0.6 is 24.0 Å². The van der Waals surface area contributed by atoms with Crippen molar-refractivity contribution < 1.29 is 18.0 Å². The maximum Gasteiger partial charge on any atom is 0.246 e. The van der Waals surface area contributed by atoms with Gasteiger partial charge in [-0.3, -0.25) is 4.79 Å². The number of benzene rings is 1. The summed E-state index contributed by atoms with van der Waals surface area (Å²) >= 11 is 0. The van der Waals surface area contributed by atoms with Crippen LogP contribution < -0.4 is 16.4 Å². The second-order valence-corrected chi connectivity index (χ2v) is 3.64. The number of halogens is 4. The molecule has 0 fully saturated rings. The van der Waals surface area contributed by atoms with Gasteiger partial charge in [0.25, 0.3) is 0 Å². The summed E-state index contributed by atoms with van der Waals surface area (Å²) in [5.74, 6) is -5.18. The van der Waals surface area contributed by atoms with E-state index in [0.29, 0.717) is 12.6 Å². The Morgan fingerprint density at radius 3 is 2.62 bits per heavy atom. The summed E-state index contributed by atoms with van der Waals surface area (Å²) < 4.78 is 38.9. The number of nitrogens with one attached hydrogen (secondary N) is 2. The minimum Gasteiger partial charge on any atom is -0.370 e. The molecule has 0 atom stereocenters. The average Bonchev–Trinajstić information content (AvgIpc) is 2.43. The van der Waals surface area contributed by atoms with Crippen LogP contribution in [0.25, 0.3) is 0 Å². The van der Waals surface area contributed by atoms with Crippen molar-refractivity contribution >= 4 is 41.5 Å². The first-order chi connectivity index (χ1) is 9.45. The summed E-state index contributed by atoms with van der Waals surface area (Å²) in [6, 6.07) is 1.62. The van der Waals surface area contributed by atoms with Gasteiger partial charge in [0, 0.05) is 6.54 Å². The monoisotopic (exact) mass is 414 g/mol. The lowest BCUT2D eigenvalue weighted by Gasteiger charge is -2.06. The highest BCUT2D eigenvalue weighted by Gasteiger charge is 2.14. The summed E-state index contributed by atoms with van der Waals surface area (Å²) in [7, 11) is 0. The van der Waals surface area contributed by atoms with Gasteiger partial charge in [0.15, 0.2) is 23.4 Å². The lowest BCUT2D eigenvalue weighted by Crippen LogP contribution is -2.32. The molecule has 1 aromatic rings. The van der Waals surface area contributed by atoms with Crippen LogP contribution in [0.3, 0.4) is 0 Å². The first-order valence-corrected chi connectivity index (χ1v) is 5.53. The molecule has 5 nitrogen and oxygen atoms in total. The maximum absolute atomic E-state index is 13.3. The number of nitrogens with zero attached hydrogens (tertiary/aromatic N) is 1. The van der Waals surface area contributed by atoms with E-state index in [1.165, 1.54) is 0 Å². The molecule has 0 saturated heterocycles. The van der Waals surface area contributed by atoms with E-state index < -0.39 is 35.6 Å². The third kappa shape index (κ3) is 6.02. The topological polar surface area (TPSA) is 79.5 Å². The van der Waals surface area contributed by atoms with E-state index >= 15 is 0 Å². The van der Waals surface area contributed by atoms with E-state index in [4.69, 9.17) is 5.73 Å². The number of amides is 1. The predicted octanol–water partition coefficient (Wildman–Crippen LogP) is 1.75. The molecular formula is C12H14F3IN4O. The Balaban J connectivity index is 0.00000400. The van der Waals surface area contributed by atoms with Crippen LogP contribution in [0, 0.1) is 17.5 Å². The predicted molar refractivity (Wildman–Crippen MR) is 85.0 cm³/mol. The molecule has 0 aliphatic rings. The third-order valence-electron chi connectivity index (χ3n) is 2.13. The second-order valence-electron chi connectivity index (χ2n) is 3.64. The number of rotatable bonds is 5. The fourth-order valence-corrected chi connectivity index (χ4v) is 1.20. The van der Waals surface area contributed by atoms with Crippen LogP contribution in [0.4, 0.5) is 18.9 Å². The van der Waals surface area contributed by atoms with Crippen LogP contribution in [0.2, 0.25) is 0 Å². The molecule has 21 heavy (non-hydrogen) atoms. The maximum atomic E-state index is 13.3. The van der Waals surface area contributed by atoms with Crippen LogP contribution in [0.1, 0.15) is 0 Å². The van der Waals surface area contributed by atoms with Crippen molar-refractivity contribution in [3.05, 3.63) is 42.2 Å². The van der Waals surface area contributed by atoms with Gasteiger partial charge in [0.1, 0.15) is 6.54 Å². The first-order valence-electron chi connectivity index (χ1n) is 5.53. The van der Waals surface area contributed by atoms with Gasteiger partial charge in [-0.05, 0) is 12.1 Å². The van der Waals surface area contributed by atoms with Gasteiger partial charge in [-0.15, -0.1) is 30.6 Å². The molecule has 0 bridgehead atoms. The number of anilines is 1. The fourth-order valence-electron chi connectivity index (χ4n) is 1.20. The lowest BCUT2D eigenvalue weighted by atomic mass is 10.3. The van der Waals surface area contributed by atoms with E-state index in [1.54, 1.807) is 6.08 Å². The van der Waals surface area contributed by atoms with Gasteiger partial charge in [-0.1, -0.05) is 6.08 Å². The van der Waals surface area contributed by atoms with Crippen molar-refractivity contribution in [1.82, 2.24) is 5.32 Å². The Hall–Kier alpha value is -1.78. The van der Waals surface area contributed by atoms with Crippen molar-refractivity contribution in [2.45, 2.75) is 0 Å². The van der Waals surface area contributed by atoms with Gasteiger partial charge in [0.2, 0.25) is 5.91 Å². The van der Waals surface area contributed by atoms with Crippen molar-refractivity contribution in [3.63, 3.8) is 0 Å². The number of hydrogen-bond acceptors (Lipinski definition) is 2. The van der Waals surface area contributed by atoms with Gasteiger partial charge < -0.3 is 16.4 Å². The van der Waals surface area contributed by atoms with E-state index in [-0.39, 0.29) is 29.9 Å². The molecular weight excluding hydrogens is 400 g/mol. The minimum absolute atomic E-state index is 0. The first kappa shape index (κ1) is 19.2. The van der Waals surface area contributed by atoms with E-state index in [0.717, 1.165) is 6.07 Å². The summed E-state index contributed by atoms with van der Waals surface area (Å²) in [5, 5.41) is 4.68. The summed E-state index contributed by atoms with van der Waals surface area (Å²) in [4.78, 5) is 15.1. The third-order valence-corrected chi connectivity index (χ3v) is 2.13. The van der Waals surface area contributed by atoms with E-state index in [1.807, 2.05) is 0 Å². The molecule has 0 spiro atoms. The molecule has 1 aromatic carbocycles. The number of aliphatic imine (C=N–C) groups is 1. The molecule has 0 aliphatic carbocycles.